The van der Waals surface area contributed by atoms with Crippen LogP contribution >= 0.6 is 0 Å². The molecule has 1 amide bonds. The molecular weight excluding hydrogens is 468 g/mol. The molecule has 5 rings (SSSR count). The largest absolute Gasteiger partial charge is 0.481 e. The molecule has 3 aromatic carbocycles. The zero-order valence-electron chi connectivity index (χ0n) is 20.3. The Labute approximate surface area is 214 Å². The van der Waals surface area contributed by atoms with Gasteiger partial charge in [0.25, 0.3) is 0 Å². The smallest absolute Gasteiger partial charge is 0.407 e. The van der Waals surface area contributed by atoms with Gasteiger partial charge in [0.2, 0.25) is 5.88 Å². The van der Waals surface area contributed by atoms with E-state index in [1.54, 1.807) is 13.3 Å². The number of carboxylic acid groups (broad SMARTS) is 1. The SMILES string of the molecule is COc1cc(-c2ccc(C[C@H](NC(=O)OCC3c4ccccc4-c4ccccc43)C(=O)O)cc2)ccn1. The predicted octanol–water partition coefficient (Wildman–Crippen LogP) is 5.29. The standard InChI is InChI=1S/C30H26N2O5/c1-36-28-17-21(14-15-31-28)20-12-10-19(11-13-20)16-27(29(33)34)32-30(35)37-18-26-24-8-4-2-6-22(24)23-7-3-5-9-25(23)26/h2-15,17,26-27H,16,18H2,1H3,(H,32,35)(H,33,34)/t27-/m0/s1. The Morgan fingerprint density at radius 3 is 2.19 bits per heavy atom. The van der Waals surface area contributed by atoms with Crippen LogP contribution in [0.2, 0.25) is 0 Å². The molecule has 0 radical (unpaired) electrons. The van der Waals surface area contributed by atoms with Gasteiger partial charge < -0.3 is 19.9 Å². The van der Waals surface area contributed by atoms with E-state index in [4.69, 9.17) is 9.47 Å². The third-order valence-electron chi connectivity index (χ3n) is 6.60. The van der Waals surface area contributed by atoms with Gasteiger partial charge in [-0.2, -0.15) is 0 Å². The number of hydrogen-bond acceptors (Lipinski definition) is 5. The van der Waals surface area contributed by atoms with Crippen molar-refractivity contribution in [1.29, 1.82) is 0 Å². The van der Waals surface area contributed by atoms with Crippen LogP contribution in [0.25, 0.3) is 22.3 Å². The van der Waals surface area contributed by atoms with E-state index in [2.05, 4.69) is 22.4 Å². The van der Waals surface area contributed by atoms with Crippen LogP contribution in [0.1, 0.15) is 22.6 Å². The number of nitrogens with one attached hydrogen (secondary N) is 1. The molecule has 186 valence electrons. The van der Waals surface area contributed by atoms with Crippen molar-refractivity contribution in [3.63, 3.8) is 0 Å². The van der Waals surface area contributed by atoms with Gasteiger partial charge in [0.05, 0.1) is 7.11 Å². The third-order valence-corrected chi connectivity index (χ3v) is 6.60. The van der Waals surface area contributed by atoms with Crippen LogP contribution in [0.15, 0.2) is 91.1 Å². The van der Waals surface area contributed by atoms with Crippen LogP contribution in [-0.2, 0) is 16.0 Å². The summed E-state index contributed by atoms with van der Waals surface area (Å²) < 4.78 is 10.7. The van der Waals surface area contributed by atoms with E-state index in [-0.39, 0.29) is 18.9 Å². The van der Waals surface area contributed by atoms with Crippen molar-refractivity contribution >= 4 is 12.1 Å². The van der Waals surface area contributed by atoms with Gasteiger partial charge in [0.1, 0.15) is 12.6 Å². The van der Waals surface area contributed by atoms with Crippen LogP contribution < -0.4 is 10.1 Å². The highest BCUT2D eigenvalue weighted by atomic mass is 16.5. The first kappa shape index (κ1) is 24.1. The van der Waals surface area contributed by atoms with Crippen LogP contribution in [0.4, 0.5) is 4.79 Å². The second-order valence-corrected chi connectivity index (χ2v) is 8.85. The van der Waals surface area contributed by atoms with Crippen molar-refractivity contribution < 1.29 is 24.2 Å². The van der Waals surface area contributed by atoms with E-state index >= 15 is 0 Å². The highest BCUT2D eigenvalue weighted by Gasteiger charge is 2.29. The predicted molar refractivity (Wildman–Crippen MR) is 140 cm³/mol. The topological polar surface area (TPSA) is 97.8 Å². The molecule has 1 heterocycles. The highest BCUT2D eigenvalue weighted by Crippen LogP contribution is 2.44. The zero-order chi connectivity index (χ0) is 25.8. The second kappa shape index (κ2) is 10.5. The number of pyridine rings is 1. The summed E-state index contributed by atoms with van der Waals surface area (Å²) in [7, 11) is 1.56. The molecule has 1 aliphatic rings. The number of rotatable bonds is 8. The molecule has 7 heteroatoms. The lowest BCUT2D eigenvalue weighted by Crippen LogP contribution is -2.42. The minimum Gasteiger partial charge on any atom is -0.481 e. The number of benzene rings is 3. The van der Waals surface area contributed by atoms with Crippen LogP contribution in [0, 0.1) is 0 Å². The van der Waals surface area contributed by atoms with Gasteiger partial charge >= 0.3 is 12.1 Å². The number of aliphatic carboxylic acids is 1. The van der Waals surface area contributed by atoms with Crippen molar-refractivity contribution in [2.75, 3.05) is 13.7 Å². The summed E-state index contributed by atoms with van der Waals surface area (Å²) in [5.74, 6) is -0.711. The molecule has 1 aliphatic carbocycles. The van der Waals surface area contributed by atoms with Gasteiger partial charge in [-0.1, -0.05) is 72.8 Å². The maximum Gasteiger partial charge on any atom is 0.407 e. The van der Waals surface area contributed by atoms with E-state index in [9.17, 15) is 14.7 Å². The average molecular weight is 495 g/mol. The molecule has 0 unspecified atom stereocenters. The fraction of sp³-hybridized carbons (Fsp3) is 0.167. The number of aromatic nitrogens is 1. The van der Waals surface area contributed by atoms with Crippen molar-refractivity contribution in [3.05, 3.63) is 108 Å². The molecule has 0 saturated heterocycles. The van der Waals surface area contributed by atoms with Gasteiger partial charge in [-0.3, -0.25) is 0 Å². The van der Waals surface area contributed by atoms with Crippen molar-refractivity contribution in [1.82, 2.24) is 10.3 Å². The first-order chi connectivity index (χ1) is 18.0. The fourth-order valence-electron chi connectivity index (χ4n) is 4.75. The lowest BCUT2D eigenvalue weighted by molar-refractivity contribution is -0.139. The van der Waals surface area contributed by atoms with E-state index < -0.39 is 18.1 Å². The molecule has 0 saturated carbocycles. The minimum atomic E-state index is -1.13. The maximum absolute atomic E-state index is 12.6. The fourth-order valence-corrected chi connectivity index (χ4v) is 4.75. The number of ether oxygens (including phenoxy) is 2. The molecule has 37 heavy (non-hydrogen) atoms. The Hall–Kier alpha value is -4.65. The molecule has 7 nitrogen and oxygen atoms in total. The molecular formula is C30H26N2O5. The van der Waals surface area contributed by atoms with Gasteiger partial charge in [0, 0.05) is 24.6 Å². The summed E-state index contributed by atoms with van der Waals surface area (Å²) in [6.45, 7) is 0.121. The summed E-state index contributed by atoms with van der Waals surface area (Å²) in [6.07, 6.45) is 1.04. The summed E-state index contributed by atoms with van der Waals surface area (Å²) in [5.41, 5.74) is 7.10. The Morgan fingerprint density at radius 1 is 0.919 bits per heavy atom. The molecule has 0 bridgehead atoms. The second-order valence-electron chi connectivity index (χ2n) is 8.85. The van der Waals surface area contributed by atoms with Crippen LogP contribution in [0.5, 0.6) is 5.88 Å². The van der Waals surface area contributed by atoms with E-state index in [0.717, 1.165) is 38.9 Å². The highest BCUT2D eigenvalue weighted by molar-refractivity contribution is 5.81. The summed E-state index contributed by atoms with van der Waals surface area (Å²) in [6, 6.07) is 26.2. The van der Waals surface area contributed by atoms with Crippen molar-refractivity contribution in [2.45, 2.75) is 18.4 Å². The van der Waals surface area contributed by atoms with E-state index in [1.807, 2.05) is 72.8 Å². The quantitative estimate of drug-likeness (QED) is 0.345. The lowest BCUT2D eigenvalue weighted by Gasteiger charge is -2.17. The number of carbonyl (C=O) groups excluding carboxylic acids is 1. The summed E-state index contributed by atoms with van der Waals surface area (Å²) in [5, 5.41) is 12.2. The lowest BCUT2D eigenvalue weighted by atomic mass is 9.98. The van der Waals surface area contributed by atoms with Crippen molar-refractivity contribution in [2.24, 2.45) is 0 Å². The number of carbonyl (C=O) groups is 2. The average Bonchev–Trinajstić information content (AvgIpc) is 3.25. The molecule has 2 N–H and O–H groups in total. The van der Waals surface area contributed by atoms with Crippen LogP contribution in [-0.4, -0.2) is 41.9 Å². The first-order valence-corrected chi connectivity index (χ1v) is 12.0. The van der Waals surface area contributed by atoms with Gasteiger partial charge in [-0.15, -0.1) is 0 Å². The third kappa shape index (κ3) is 5.16. The Kier molecular flexibility index (Phi) is 6.85. The number of methoxy groups -OCH3 is 1. The Bertz CT molecular complexity index is 1390. The van der Waals surface area contributed by atoms with Gasteiger partial charge in [0.15, 0.2) is 0 Å². The first-order valence-electron chi connectivity index (χ1n) is 12.0. The van der Waals surface area contributed by atoms with Gasteiger partial charge in [-0.05, 0) is 45.0 Å². The molecule has 0 fully saturated rings. The van der Waals surface area contributed by atoms with E-state index in [1.165, 1.54) is 0 Å². The normalized spacial score (nSPS) is 12.8. The van der Waals surface area contributed by atoms with Crippen LogP contribution in [0.3, 0.4) is 0 Å². The number of carboxylic acids is 1. The number of fused-ring (bicyclic) bond motifs is 3. The van der Waals surface area contributed by atoms with Crippen molar-refractivity contribution in [3.8, 4) is 28.1 Å². The summed E-state index contributed by atoms with van der Waals surface area (Å²) in [4.78, 5) is 28.6. The molecule has 0 spiro atoms. The zero-order valence-corrected chi connectivity index (χ0v) is 20.3. The number of alkyl carbamates (subject to hydrolysis) is 1. The monoisotopic (exact) mass is 494 g/mol. The number of amides is 1. The summed E-state index contributed by atoms with van der Waals surface area (Å²) >= 11 is 0. The maximum atomic E-state index is 12.6. The molecule has 0 aliphatic heterocycles. The molecule has 4 aromatic rings. The van der Waals surface area contributed by atoms with Gasteiger partial charge in [-0.25, -0.2) is 14.6 Å². The molecule has 1 atom stereocenters. The number of hydrogen-bond donors (Lipinski definition) is 2. The molecule has 1 aromatic heterocycles. The van der Waals surface area contributed by atoms with E-state index in [0.29, 0.717) is 5.88 Å². The Balaban J connectivity index is 1.22. The Morgan fingerprint density at radius 2 is 1.57 bits per heavy atom. The minimum absolute atomic E-state index is 0.0965. The number of nitrogens with zero attached hydrogens (tertiary/aromatic N) is 1.